The fourth-order valence-corrected chi connectivity index (χ4v) is 4.45. The molecular weight excluding hydrogens is 392 g/mol. The summed E-state index contributed by atoms with van der Waals surface area (Å²) >= 11 is 5.66. The number of carbonyl (C=O) groups is 2. The number of ether oxygens (including phenoxy) is 1. The molecule has 7 nitrogen and oxygen atoms in total. The first-order valence-electron chi connectivity index (χ1n) is 8.11. The molecule has 0 radical (unpaired) electrons. The Morgan fingerprint density at radius 2 is 1.96 bits per heavy atom. The smallest absolute Gasteiger partial charge is 0.340 e. The molecular formula is C18H17ClN2O5S. The van der Waals surface area contributed by atoms with E-state index in [0.717, 1.165) is 11.8 Å². The number of rotatable bonds is 5. The van der Waals surface area contributed by atoms with Crippen LogP contribution in [0.2, 0.25) is 5.15 Å². The van der Waals surface area contributed by atoms with Crippen LogP contribution in [0.5, 0.6) is 0 Å². The highest BCUT2D eigenvalue weighted by atomic mass is 35.5. The fraction of sp³-hybridized carbons (Fsp3) is 0.278. The van der Waals surface area contributed by atoms with Gasteiger partial charge in [-0.2, -0.15) is 0 Å². The molecule has 1 atom stereocenters. The van der Waals surface area contributed by atoms with Crippen molar-refractivity contribution >= 4 is 39.1 Å². The zero-order chi connectivity index (χ0) is 19.8. The molecule has 9 heteroatoms. The SMILES string of the molecule is C[C@@H]1Cc2cc(C(=O)COC(=O)c3ccc(Cl)nc3)ccc2N1S(C)(=O)=O. The zero-order valence-corrected chi connectivity index (χ0v) is 16.2. The number of fused-ring (bicyclic) bond motifs is 1. The van der Waals surface area contributed by atoms with E-state index in [1.54, 1.807) is 12.1 Å². The second-order valence-corrected chi connectivity index (χ2v) is 8.57. The molecule has 1 aromatic heterocycles. The summed E-state index contributed by atoms with van der Waals surface area (Å²) in [5.41, 5.74) is 1.90. The molecule has 2 aromatic rings. The van der Waals surface area contributed by atoms with Crippen LogP contribution in [0.25, 0.3) is 0 Å². The molecule has 1 aromatic carbocycles. The molecule has 27 heavy (non-hydrogen) atoms. The summed E-state index contributed by atoms with van der Waals surface area (Å²) < 4.78 is 30.3. The number of anilines is 1. The van der Waals surface area contributed by atoms with E-state index in [2.05, 4.69) is 4.98 Å². The van der Waals surface area contributed by atoms with E-state index in [9.17, 15) is 18.0 Å². The van der Waals surface area contributed by atoms with Gasteiger partial charge < -0.3 is 4.74 Å². The number of esters is 1. The summed E-state index contributed by atoms with van der Waals surface area (Å²) in [6, 6.07) is 7.49. The minimum atomic E-state index is -3.39. The van der Waals surface area contributed by atoms with Crippen molar-refractivity contribution in [1.29, 1.82) is 0 Å². The van der Waals surface area contributed by atoms with Gasteiger partial charge in [-0.25, -0.2) is 18.2 Å². The summed E-state index contributed by atoms with van der Waals surface area (Å²) in [7, 11) is -3.39. The average Bonchev–Trinajstić information content (AvgIpc) is 2.94. The van der Waals surface area contributed by atoms with Gasteiger partial charge in [0, 0.05) is 17.8 Å². The molecule has 0 saturated heterocycles. The highest BCUT2D eigenvalue weighted by Gasteiger charge is 2.32. The molecule has 142 valence electrons. The van der Waals surface area contributed by atoms with Crippen LogP contribution in [-0.2, 0) is 21.2 Å². The molecule has 0 unspecified atom stereocenters. The summed E-state index contributed by atoms with van der Waals surface area (Å²) in [5, 5.41) is 0.248. The van der Waals surface area contributed by atoms with Gasteiger partial charge in [-0.05, 0) is 49.2 Å². The molecule has 0 aliphatic carbocycles. The van der Waals surface area contributed by atoms with Crippen LogP contribution in [-0.4, -0.2) is 44.1 Å². The maximum Gasteiger partial charge on any atom is 0.340 e. The van der Waals surface area contributed by atoms with Gasteiger partial charge in [0.2, 0.25) is 10.0 Å². The van der Waals surface area contributed by atoms with Crippen LogP contribution < -0.4 is 4.31 Å². The van der Waals surface area contributed by atoms with Gasteiger partial charge in [0.25, 0.3) is 0 Å². The Labute approximate surface area is 162 Å². The van der Waals surface area contributed by atoms with Gasteiger partial charge in [-0.1, -0.05) is 11.6 Å². The number of pyridine rings is 1. The first-order chi connectivity index (χ1) is 12.7. The molecule has 0 amide bonds. The van der Waals surface area contributed by atoms with Crippen LogP contribution in [0, 0.1) is 0 Å². The predicted octanol–water partition coefficient (Wildman–Crippen LogP) is 2.49. The Hall–Kier alpha value is -2.45. The molecule has 1 aliphatic rings. The van der Waals surface area contributed by atoms with Gasteiger partial charge in [0.15, 0.2) is 12.4 Å². The average molecular weight is 409 g/mol. The summed E-state index contributed by atoms with van der Waals surface area (Å²) in [5.74, 6) is -1.05. The molecule has 0 spiro atoms. The van der Waals surface area contributed by atoms with Crippen molar-refractivity contribution in [2.45, 2.75) is 19.4 Å². The number of sulfonamides is 1. The summed E-state index contributed by atoms with van der Waals surface area (Å²) in [6.45, 7) is 1.38. The second-order valence-electron chi connectivity index (χ2n) is 6.32. The van der Waals surface area contributed by atoms with Crippen LogP contribution in [0.3, 0.4) is 0 Å². The number of nitrogens with zero attached hydrogens (tertiary/aromatic N) is 2. The number of halogens is 1. The number of ketones is 1. The first kappa shape index (κ1) is 19.3. The Bertz CT molecular complexity index is 1000. The minimum absolute atomic E-state index is 0.193. The number of carbonyl (C=O) groups excluding carboxylic acids is 2. The van der Waals surface area contributed by atoms with E-state index in [1.165, 1.54) is 28.7 Å². The monoisotopic (exact) mass is 408 g/mol. The van der Waals surface area contributed by atoms with Crippen molar-refractivity contribution in [3.8, 4) is 0 Å². The Kier molecular flexibility index (Phi) is 5.21. The first-order valence-corrected chi connectivity index (χ1v) is 10.3. The Balaban J connectivity index is 1.71. The number of hydrogen-bond acceptors (Lipinski definition) is 6. The third-order valence-electron chi connectivity index (χ3n) is 4.21. The number of aromatic nitrogens is 1. The molecule has 0 N–H and O–H groups in total. The molecule has 0 saturated carbocycles. The summed E-state index contributed by atoms with van der Waals surface area (Å²) in [6.07, 6.45) is 2.94. The van der Waals surface area contributed by atoms with Crippen molar-refractivity contribution in [2.75, 3.05) is 17.2 Å². The van der Waals surface area contributed by atoms with Crippen molar-refractivity contribution < 1.29 is 22.7 Å². The Morgan fingerprint density at radius 3 is 2.59 bits per heavy atom. The lowest BCUT2D eigenvalue weighted by atomic mass is 10.0. The number of Topliss-reactive ketones (excluding diaryl/α,β-unsaturated/α-hetero) is 1. The van der Waals surface area contributed by atoms with E-state index >= 15 is 0 Å². The van der Waals surface area contributed by atoms with E-state index in [4.69, 9.17) is 16.3 Å². The predicted molar refractivity (Wildman–Crippen MR) is 101 cm³/mol. The van der Waals surface area contributed by atoms with E-state index in [0.29, 0.717) is 17.7 Å². The van der Waals surface area contributed by atoms with Crippen molar-refractivity contribution in [3.63, 3.8) is 0 Å². The lowest BCUT2D eigenvalue weighted by Gasteiger charge is -2.21. The number of benzene rings is 1. The molecule has 2 heterocycles. The normalized spacial score (nSPS) is 16.1. The largest absolute Gasteiger partial charge is 0.454 e. The lowest BCUT2D eigenvalue weighted by molar-refractivity contribution is 0.0474. The second kappa shape index (κ2) is 7.28. The molecule has 1 aliphatic heterocycles. The van der Waals surface area contributed by atoms with Crippen LogP contribution >= 0.6 is 11.6 Å². The van der Waals surface area contributed by atoms with Crippen LogP contribution in [0.15, 0.2) is 36.5 Å². The van der Waals surface area contributed by atoms with E-state index in [1.807, 2.05) is 6.92 Å². The highest BCUT2D eigenvalue weighted by Crippen LogP contribution is 2.34. The van der Waals surface area contributed by atoms with Gasteiger partial charge in [-0.3, -0.25) is 9.10 Å². The summed E-state index contributed by atoms with van der Waals surface area (Å²) in [4.78, 5) is 28.1. The third-order valence-corrected chi connectivity index (χ3v) is 5.70. The molecule has 0 bridgehead atoms. The topological polar surface area (TPSA) is 93.6 Å². The minimum Gasteiger partial charge on any atom is -0.454 e. The molecule has 3 rings (SSSR count). The Morgan fingerprint density at radius 1 is 1.26 bits per heavy atom. The van der Waals surface area contributed by atoms with Crippen LogP contribution in [0.4, 0.5) is 5.69 Å². The quantitative estimate of drug-likeness (QED) is 0.428. The standard InChI is InChI=1S/C18H17ClN2O5S/c1-11-7-14-8-12(3-5-15(14)21(11)27(2,24)25)16(22)10-26-18(23)13-4-6-17(19)20-9-13/h3-6,8-9,11H,7,10H2,1-2H3/t11-/m1/s1. The maximum absolute atomic E-state index is 12.3. The van der Waals surface area contributed by atoms with Crippen molar-refractivity contribution in [2.24, 2.45) is 0 Å². The lowest BCUT2D eigenvalue weighted by Crippen LogP contribution is -2.34. The van der Waals surface area contributed by atoms with Crippen LogP contribution in [0.1, 0.15) is 33.2 Å². The molecule has 0 fully saturated rings. The van der Waals surface area contributed by atoms with Gasteiger partial charge in [-0.15, -0.1) is 0 Å². The highest BCUT2D eigenvalue weighted by molar-refractivity contribution is 7.92. The zero-order valence-electron chi connectivity index (χ0n) is 14.7. The van der Waals surface area contributed by atoms with E-state index < -0.39 is 22.6 Å². The van der Waals surface area contributed by atoms with Gasteiger partial charge >= 0.3 is 5.97 Å². The van der Waals surface area contributed by atoms with Gasteiger partial charge in [0.05, 0.1) is 17.5 Å². The number of hydrogen-bond donors (Lipinski definition) is 0. The maximum atomic E-state index is 12.3. The van der Waals surface area contributed by atoms with E-state index in [-0.39, 0.29) is 22.5 Å². The third kappa shape index (κ3) is 4.12. The van der Waals surface area contributed by atoms with Gasteiger partial charge in [0.1, 0.15) is 5.15 Å². The fourth-order valence-electron chi connectivity index (χ4n) is 3.08. The van der Waals surface area contributed by atoms with Crippen molar-refractivity contribution in [1.82, 2.24) is 4.98 Å². The van der Waals surface area contributed by atoms with Crippen molar-refractivity contribution in [3.05, 3.63) is 58.4 Å².